The zero-order chi connectivity index (χ0) is 26.7. The zero-order valence-electron chi connectivity index (χ0n) is 22.1. The van der Waals surface area contributed by atoms with Gasteiger partial charge < -0.3 is 19.4 Å². The smallest absolute Gasteiger partial charge is 0.410 e. The van der Waals surface area contributed by atoms with E-state index >= 15 is 0 Å². The number of amides is 2. The number of piperidine rings is 2. The van der Waals surface area contributed by atoms with Gasteiger partial charge in [-0.2, -0.15) is 13.2 Å². The Bertz CT molecular complexity index is 1070. The fourth-order valence-corrected chi connectivity index (χ4v) is 8.17. The fraction of sp³-hybridized carbons (Fsp3) is 0.724. The molecule has 5 aliphatic rings. The summed E-state index contributed by atoms with van der Waals surface area (Å²) in [5.41, 5.74) is -0.330. The van der Waals surface area contributed by atoms with E-state index < -0.39 is 17.5 Å². The van der Waals surface area contributed by atoms with Gasteiger partial charge >= 0.3 is 12.3 Å². The fourth-order valence-electron chi connectivity index (χ4n) is 8.17. The minimum absolute atomic E-state index is 0.0961. The van der Waals surface area contributed by atoms with Gasteiger partial charge in [-0.1, -0.05) is 30.7 Å². The largest absolute Gasteiger partial charge is 0.450 e. The maximum Gasteiger partial charge on any atom is 0.410 e. The monoisotopic (exact) mass is 533 g/mol. The first-order valence-corrected chi connectivity index (χ1v) is 14.3. The lowest BCUT2D eigenvalue weighted by atomic mass is 9.65. The van der Waals surface area contributed by atoms with Gasteiger partial charge in [0.1, 0.15) is 5.41 Å². The van der Waals surface area contributed by atoms with E-state index in [9.17, 15) is 22.8 Å². The summed E-state index contributed by atoms with van der Waals surface area (Å²) in [6.45, 7) is 4.55. The molecule has 6 rings (SSSR count). The van der Waals surface area contributed by atoms with Gasteiger partial charge in [-0.15, -0.1) is 0 Å². The van der Waals surface area contributed by atoms with E-state index in [4.69, 9.17) is 4.74 Å². The van der Waals surface area contributed by atoms with Crippen LogP contribution in [-0.2, 0) is 21.5 Å². The van der Waals surface area contributed by atoms with Crippen LogP contribution in [0.3, 0.4) is 0 Å². The third kappa shape index (κ3) is 4.02. The molecule has 0 aromatic heterocycles. The average molecular weight is 534 g/mol. The Balaban J connectivity index is 1.18. The van der Waals surface area contributed by atoms with E-state index in [1.54, 1.807) is 0 Å². The summed E-state index contributed by atoms with van der Waals surface area (Å²) < 4.78 is 47.5. The molecule has 2 bridgehead atoms. The van der Waals surface area contributed by atoms with Crippen molar-refractivity contribution in [3.05, 3.63) is 35.4 Å². The lowest BCUT2D eigenvalue weighted by Crippen LogP contribution is -2.61. The summed E-state index contributed by atoms with van der Waals surface area (Å²) in [5.74, 6) is -0.726. The number of alkyl halides is 3. The molecule has 208 valence electrons. The average Bonchev–Trinajstić information content (AvgIpc) is 3.12. The van der Waals surface area contributed by atoms with Crippen LogP contribution in [0.1, 0.15) is 75.8 Å². The van der Waals surface area contributed by atoms with Gasteiger partial charge in [-0.05, 0) is 82.5 Å². The van der Waals surface area contributed by atoms with E-state index in [0.717, 1.165) is 57.2 Å². The second-order valence-electron chi connectivity index (χ2n) is 12.2. The van der Waals surface area contributed by atoms with E-state index in [-0.39, 0.29) is 43.0 Å². The molecule has 2 unspecified atom stereocenters. The van der Waals surface area contributed by atoms with Crippen molar-refractivity contribution in [3.63, 3.8) is 0 Å². The molecular formula is C29H38F3N3O3. The molecule has 2 atom stereocenters. The molecule has 38 heavy (non-hydrogen) atoms. The van der Waals surface area contributed by atoms with Crippen molar-refractivity contribution in [2.45, 2.75) is 101 Å². The van der Waals surface area contributed by atoms with Crippen LogP contribution in [0.5, 0.6) is 0 Å². The number of carbonyl (C=O) groups is 2. The zero-order valence-corrected chi connectivity index (χ0v) is 22.1. The molecular weight excluding hydrogens is 495 g/mol. The molecule has 2 amide bonds. The third-order valence-electron chi connectivity index (χ3n) is 10.3. The highest BCUT2D eigenvalue weighted by atomic mass is 19.4. The molecule has 1 aromatic carbocycles. The Morgan fingerprint density at radius 2 is 1.66 bits per heavy atom. The molecule has 4 aliphatic heterocycles. The van der Waals surface area contributed by atoms with Crippen molar-refractivity contribution in [1.82, 2.24) is 14.7 Å². The number of carbonyl (C=O) groups excluding carboxylic acids is 2. The molecule has 4 heterocycles. The molecule has 1 aromatic rings. The number of hydrogen-bond acceptors (Lipinski definition) is 4. The third-order valence-corrected chi connectivity index (χ3v) is 10.3. The number of rotatable bonds is 3. The Labute approximate surface area is 222 Å². The van der Waals surface area contributed by atoms with Gasteiger partial charge in [-0.25, -0.2) is 4.79 Å². The van der Waals surface area contributed by atoms with Crippen LogP contribution in [-0.4, -0.2) is 77.2 Å². The minimum Gasteiger partial charge on any atom is -0.450 e. The Morgan fingerprint density at radius 3 is 2.24 bits per heavy atom. The first-order valence-electron chi connectivity index (χ1n) is 14.3. The van der Waals surface area contributed by atoms with E-state index in [0.29, 0.717) is 25.6 Å². The van der Waals surface area contributed by atoms with Crippen LogP contribution in [0.4, 0.5) is 18.0 Å². The Hall–Kier alpha value is -2.29. The SMILES string of the molecule is CCOC(=O)N1C2CCC1CC(N1CCC3(CC1)CN(C(=O)C1(C(F)(F)F)CCC1)Cc1ccccc13)C2. The molecule has 1 saturated carbocycles. The number of benzene rings is 1. The van der Waals surface area contributed by atoms with Crippen molar-refractivity contribution >= 4 is 12.0 Å². The van der Waals surface area contributed by atoms with Crippen molar-refractivity contribution in [3.8, 4) is 0 Å². The van der Waals surface area contributed by atoms with Crippen LogP contribution in [0.15, 0.2) is 24.3 Å². The number of hydrogen-bond donors (Lipinski definition) is 0. The molecule has 6 nitrogen and oxygen atoms in total. The maximum absolute atomic E-state index is 14.1. The number of nitrogens with zero attached hydrogens (tertiary/aromatic N) is 3. The van der Waals surface area contributed by atoms with Crippen LogP contribution in [0.2, 0.25) is 0 Å². The van der Waals surface area contributed by atoms with Crippen molar-refractivity contribution < 1.29 is 27.5 Å². The molecule has 9 heteroatoms. The molecule has 3 saturated heterocycles. The van der Waals surface area contributed by atoms with Gasteiger partial charge in [0.05, 0.1) is 6.61 Å². The van der Waals surface area contributed by atoms with Crippen molar-refractivity contribution in [2.75, 3.05) is 26.2 Å². The standard InChI is InChI=1S/C29H38F3N3O3/c1-2-38-26(37)35-21-8-9-22(35)17-23(16-21)33-14-12-27(13-15-33)19-34(18-20-6-3-4-7-24(20)27)25(36)28(10-5-11-28)29(30,31)32/h3-4,6-7,21-23H,2,5,8-19H2,1H3. The summed E-state index contributed by atoms with van der Waals surface area (Å²) >= 11 is 0. The molecule has 0 radical (unpaired) electrons. The summed E-state index contributed by atoms with van der Waals surface area (Å²) in [5, 5.41) is 0. The van der Waals surface area contributed by atoms with E-state index in [1.807, 2.05) is 30.0 Å². The first kappa shape index (κ1) is 26.0. The predicted octanol–water partition coefficient (Wildman–Crippen LogP) is 5.25. The van der Waals surface area contributed by atoms with E-state index in [2.05, 4.69) is 11.0 Å². The maximum atomic E-state index is 14.1. The number of likely N-dealkylation sites (tertiary alicyclic amines) is 1. The van der Waals surface area contributed by atoms with Gasteiger partial charge in [0, 0.05) is 36.6 Å². The summed E-state index contributed by atoms with van der Waals surface area (Å²) in [6.07, 6.45) is 1.12. The number of halogens is 3. The van der Waals surface area contributed by atoms with Crippen LogP contribution in [0.25, 0.3) is 0 Å². The molecule has 0 N–H and O–H groups in total. The second kappa shape index (κ2) is 9.42. The summed E-state index contributed by atoms with van der Waals surface area (Å²) in [4.78, 5) is 32.0. The summed E-state index contributed by atoms with van der Waals surface area (Å²) in [6, 6.07) is 8.87. The normalized spacial score (nSPS) is 30.1. The first-order chi connectivity index (χ1) is 18.2. The Morgan fingerprint density at radius 1 is 1.00 bits per heavy atom. The lowest BCUT2D eigenvalue weighted by molar-refractivity contribution is -0.249. The van der Waals surface area contributed by atoms with Crippen molar-refractivity contribution in [1.29, 1.82) is 0 Å². The molecule has 1 aliphatic carbocycles. The highest BCUT2D eigenvalue weighted by Gasteiger charge is 2.65. The van der Waals surface area contributed by atoms with E-state index in [1.165, 1.54) is 10.5 Å². The summed E-state index contributed by atoms with van der Waals surface area (Å²) in [7, 11) is 0. The quantitative estimate of drug-likeness (QED) is 0.533. The highest BCUT2D eigenvalue weighted by Crippen LogP contribution is 2.55. The van der Waals surface area contributed by atoms with Gasteiger partial charge in [0.25, 0.3) is 0 Å². The van der Waals surface area contributed by atoms with Gasteiger partial charge in [0.15, 0.2) is 0 Å². The number of ether oxygens (including phenoxy) is 1. The van der Waals surface area contributed by atoms with Crippen LogP contribution in [0, 0.1) is 5.41 Å². The van der Waals surface area contributed by atoms with Crippen LogP contribution >= 0.6 is 0 Å². The predicted molar refractivity (Wildman–Crippen MR) is 135 cm³/mol. The number of fused-ring (bicyclic) bond motifs is 4. The lowest BCUT2D eigenvalue weighted by Gasteiger charge is -2.53. The molecule has 1 spiro atoms. The highest BCUT2D eigenvalue weighted by molar-refractivity contribution is 5.85. The molecule has 4 fully saturated rings. The second-order valence-corrected chi connectivity index (χ2v) is 12.2. The minimum atomic E-state index is -4.51. The van der Waals surface area contributed by atoms with Gasteiger partial charge in [0.2, 0.25) is 5.91 Å². The van der Waals surface area contributed by atoms with Gasteiger partial charge in [-0.3, -0.25) is 4.79 Å². The Kier molecular flexibility index (Phi) is 6.43. The topological polar surface area (TPSA) is 53.1 Å². The van der Waals surface area contributed by atoms with Crippen molar-refractivity contribution in [2.24, 2.45) is 5.41 Å². The van der Waals surface area contributed by atoms with Crippen LogP contribution < -0.4 is 0 Å².